The minimum absolute atomic E-state index is 0.141. The lowest BCUT2D eigenvalue weighted by molar-refractivity contribution is -0.132. The van der Waals surface area contributed by atoms with Crippen molar-refractivity contribution >= 4 is 12.0 Å². The van der Waals surface area contributed by atoms with Crippen LogP contribution in [0.1, 0.15) is 18.3 Å². The summed E-state index contributed by atoms with van der Waals surface area (Å²) in [5, 5.41) is 18.8. The molecular formula is C9H11N3O2. The molecule has 0 saturated heterocycles. The quantitative estimate of drug-likeness (QED) is 0.557. The Morgan fingerprint density at radius 2 is 2.21 bits per heavy atom. The van der Waals surface area contributed by atoms with Gasteiger partial charge in [0.25, 0.3) is 0 Å². The van der Waals surface area contributed by atoms with E-state index < -0.39 is 5.97 Å². The minimum atomic E-state index is -1.01. The molecule has 0 saturated carbocycles. The second kappa shape index (κ2) is 3.87. The molecule has 0 aliphatic rings. The van der Waals surface area contributed by atoms with Gasteiger partial charge in [-0.05, 0) is 25.5 Å². The zero-order chi connectivity index (χ0) is 10.7. The second-order valence-corrected chi connectivity index (χ2v) is 2.94. The maximum absolute atomic E-state index is 10.8. The van der Waals surface area contributed by atoms with Gasteiger partial charge in [0, 0.05) is 0 Å². The first-order chi connectivity index (χ1) is 6.52. The number of carboxylic acids is 1. The Morgan fingerprint density at radius 1 is 1.57 bits per heavy atom. The van der Waals surface area contributed by atoms with E-state index in [4.69, 9.17) is 5.11 Å². The molecule has 2 N–H and O–H groups in total. The number of carbonyl (C=O) groups is 1. The third-order valence-corrected chi connectivity index (χ3v) is 1.73. The molecule has 0 fully saturated rings. The first-order valence-electron chi connectivity index (χ1n) is 4.00. The van der Waals surface area contributed by atoms with Crippen LogP contribution in [-0.2, 0) is 4.79 Å². The van der Waals surface area contributed by atoms with Crippen molar-refractivity contribution in [3.8, 4) is 0 Å². The van der Waals surface area contributed by atoms with Crippen LogP contribution in [0.4, 0.5) is 0 Å². The Hall–Kier alpha value is -1.91. The summed E-state index contributed by atoms with van der Waals surface area (Å²) in [6, 6.07) is 0. The van der Waals surface area contributed by atoms with Gasteiger partial charge in [-0.3, -0.25) is 0 Å². The molecule has 0 aliphatic heterocycles. The lowest BCUT2D eigenvalue weighted by atomic mass is 10.1. The molecule has 0 amide bonds. The van der Waals surface area contributed by atoms with Crippen molar-refractivity contribution in [1.82, 2.24) is 15.4 Å². The van der Waals surface area contributed by atoms with Crippen LogP contribution >= 0.6 is 0 Å². The highest BCUT2D eigenvalue weighted by Crippen LogP contribution is 2.12. The van der Waals surface area contributed by atoms with Crippen LogP contribution in [0, 0.1) is 6.92 Å². The van der Waals surface area contributed by atoms with E-state index in [-0.39, 0.29) is 5.57 Å². The normalized spacial score (nSPS) is 11.4. The second-order valence-electron chi connectivity index (χ2n) is 2.94. The van der Waals surface area contributed by atoms with Gasteiger partial charge in [-0.1, -0.05) is 6.58 Å². The van der Waals surface area contributed by atoms with Crippen molar-refractivity contribution < 1.29 is 9.90 Å². The van der Waals surface area contributed by atoms with E-state index >= 15 is 0 Å². The van der Waals surface area contributed by atoms with Crippen molar-refractivity contribution in [3.05, 3.63) is 29.1 Å². The number of aromatic nitrogens is 3. The smallest absolute Gasteiger partial charge is 0.336 e. The van der Waals surface area contributed by atoms with Gasteiger partial charge in [0.15, 0.2) is 0 Å². The van der Waals surface area contributed by atoms with Crippen LogP contribution in [0.25, 0.3) is 6.08 Å². The van der Waals surface area contributed by atoms with Gasteiger partial charge in [-0.25, -0.2) is 4.79 Å². The monoisotopic (exact) mass is 193 g/mol. The number of aryl methyl sites for hydroxylation is 1. The molecule has 0 aromatic carbocycles. The number of hydrogen-bond donors (Lipinski definition) is 2. The van der Waals surface area contributed by atoms with Crippen LogP contribution < -0.4 is 0 Å². The van der Waals surface area contributed by atoms with E-state index in [1.165, 1.54) is 6.08 Å². The Labute approximate surface area is 81.1 Å². The summed E-state index contributed by atoms with van der Waals surface area (Å²) in [4.78, 5) is 10.8. The highest BCUT2D eigenvalue weighted by atomic mass is 16.4. The summed E-state index contributed by atoms with van der Waals surface area (Å²) in [5.74, 6) is -1.01. The minimum Gasteiger partial charge on any atom is -0.478 e. The molecule has 0 spiro atoms. The molecule has 1 rings (SSSR count). The van der Waals surface area contributed by atoms with E-state index in [1.807, 2.05) is 0 Å². The molecule has 0 bridgehead atoms. The Bertz CT molecular complexity index is 388. The van der Waals surface area contributed by atoms with Crippen molar-refractivity contribution in [2.24, 2.45) is 0 Å². The molecule has 14 heavy (non-hydrogen) atoms. The van der Waals surface area contributed by atoms with Crippen molar-refractivity contribution in [2.45, 2.75) is 13.8 Å². The van der Waals surface area contributed by atoms with Crippen LogP contribution in [-0.4, -0.2) is 26.5 Å². The summed E-state index contributed by atoms with van der Waals surface area (Å²) in [6.45, 7) is 6.96. The summed E-state index contributed by atoms with van der Waals surface area (Å²) in [7, 11) is 0. The maximum atomic E-state index is 10.8. The Balaban J connectivity index is 3.12. The molecule has 1 aromatic rings. The van der Waals surface area contributed by atoms with Gasteiger partial charge >= 0.3 is 5.97 Å². The summed E-state index contributed by atoms with van der Waals surface area (Å²) in [6.07, 6.45) is 1.45. The average molecular weight is 193 g/mol. The van der Waals surface area contributed by atoms with Gasteiger partial charge < -0.3 is 5.11 Å². The van der Waals surface area contributed by atoms with E-state index in [1.54, 1.807) is 13.8 Å². The molecule has 1 heterocycles. The van der Waals surface area contributed by atoms with Crippen LogP contribution in [0.15, 0.2) is 17.7 Å². The van der Waals surface area contributed by atoms with Crippen molar-refractivity contribution in [3.63, 3.8) is 0 Å². The van der Waals surface area contributed by atoms with Crippen molar-refractivity contribution in [1.29, 1.82) is 0 Å². The molecule has 0 atom stereocenters. The summed E-state index contributed by atoms with van der Waals surface area (Å²) in [5.41, 5.74) is 1.80. The predicted molar refractivity (Wildman–Crippen MR) is 51.5 cm³/mol. The third-order valence-electron chi connectivity index (χ3n) is 1.73. The maximum Gasteiger partial charge on any atom is 0.336 e. The standard InChI is InChI=1S/C9H11N3O2/c1-5(2)7(9(13)14)4-8-6(3)10-12-11-8/h4H,1H2,2-3H3,(H,13,14)(H,10,11,12)/b7-4+. The molecule has 5 nitrogen and oxygen atoms in total. The number of H-pyrrole nitrogens is 1. The molecular weight excluding hydrogens is 182 g/mol. The van der Waals surface area contributed by atoms with E-state index in [9.17, 15) is 4.79 Å². The predicted octanol–water partition coefficient (Wildman–Crippen LogP) is 1.16. The number of rotatable bonds is 3. The number of aromatic amines is 1. The van der Waals surface area contributed by atoms with Crippen molar-refractivity contribution in [2.75, 3.05) is 0 Å². The van der Waals surface area contributed by atoms with Gasteiger partial charge in [-0.2, -0.15) is 15.4 Å². The van der Waals surface area contributed by atoms with Crippen LogP contribution in [0.5, 0.6) is 0 Å². The lowest BCUT2D eigenvalue weighted by Gasteiger charge is -1.98. The van der Waals surface area contributed by atoms with E-state index in [2.05, 4.69) is 22.0 Å². The highest BCUT2D eigenvalue weighted by molar-refractivity contribution is 5.96. The molecule has 0 aliphatic carbocycles. The van der Waals surface area contributed by atoms with E-state index in [0.29, 0.717) is 17.0 Å². The largest absolute Gasteiger partial charge is 0.478 e. The summed E-state index contributed by atoms with van der Waals surface area (Å²) >= 11 is 0. The van der Waals surface area contributed by atoms with Gasteiger partial charge in [0.05, 0.1) is 11.3 Å². The topological polar surface area (TPSA) is 78.9 Å². The Morgan fingerprint density at radius 3 is 2.57 bits per heavy atom. The molecule has 5 heteroatoms. The Kier molecular flexibility index (Phi) is 2.81. The first kappa shape index (κ1) is 10.2. The summed E-state index contributed by atoms with van der Waals surface area (Å²) < 4.78 is 0. The van der Waals surface area contributed by atoms with Crippen LogP contribution in [0.2, 0.25) is 0 Å². The zero-order valence-corrected chi connectivity index (χ0v) is 8.03. The van der Waals surface area contributed by atoms with Gasteiger partial charge in [0.2, 0.25) is 0 Å². The number of nitrogens with zero attached hydrogens (tertiary/aromatic N) is 2. The molecule has 0 radical (unpaired) electrons. The number of nitrogens with one attached hydrogen (secondary N) is 1. The number of carboxylic acid groups (broad SMARTS) is 1. The first-order valence-corrected chi connectivity index (χ1v) is 4.00. The van der Waals surface area contributed by atoms with E-state index in [0.717, 1.165) is 0 Å². The molecule has 1 aromatic heterocycles. The SMILES string of the molecule is C=C(C)/C(=C\c1n[nH]nc1C)C(=O)O. The average Bonchev–Trinajstić information content (AvgIpc) is 2.46. The van der Waals surface area contributed by atoms with Gasteiger partial charge in [0.1, 0.15) is 5.69 Å². The number of aliphatic carboxylic acids is 1. The number of hydrogen-bond acceptors (Lipinski definition) is 3. The fourth-order valence-corrected chi connectivity index (χ4v) is 0.933. The molecule has 74 valence electrons. The lowest BCUT2D eigenvalue weighted by Crippen LogP contribution is -2.01. The fourth-order valence-electron chi connectivity index (χ4n) is 0.933. The van der Waals surface area contributed by atoms with Crippen LogP contribution in [0.3, 0.4) is 0 Å². The zero-order valence-electron chi connectivity index (χ0n) is 8.03. The highest BCUT2D eigenvalue weighted by Gasteiger charge is 2.10. The molecule has 0 unspecified atom stereocenters. The van der Waals surface area contributed by atoms with Gasteiger partial charge in [-0.15, -0.1) is 0 Å². The third kappa shape index (κ3) is 2.07. The fraction of sp³-hybridized carbons (Fsp3) is 0.222.